The van der Waals surface area contributed by atoms with E-state index in [1.54, 1.807) is 6.20 Å². The standard InChI is InChI=1S/C20H22N2O2/c1-15(2)22-19(11-12-21-22)18-10-6-9-17(13-23)20(18)24-14-16-7-4-3-5-8-16/h3-12,15,23H,13-14H2,1-2H3. The summed E-state index contributed by atoms with van der Waals surface area (Å²) < 4.78 is 8.07. The van der Waals surface area contributed by atoms with Crippen molar-refractivity contribution in [2.75, 3.05) is 0 Å². The van der Waals surface area contributed by atoms with Gasteiger partial charge in [-0.25, -0.2) is 0 Å². The minimum atomic E-state index is -0.0617. The maximum absolute atomic E-state index is 9.71. The largest absolute Gasteiger partial charge is 0.488 e. The first-order valence-corrected chi connectivity index (χ1v) is 8.14. The third-order valence-corrected chi connectivity index (χ3v) is 3.93. The predicted octanol–water partition coefficient (Wildman–Crippen LogP) is 4.20. The molecule has 124 valence electrons. The Morgan fingerprint density at radius 3 is 2.54 bits per heavy atom. The predicted molar refractivity (Wildman–Crippen MR) is 94.7 cm³/mol. The van der Waals surface area contributed by atoms with Crippen molar-refractivity contribution >= 4 is 0 Å². The van der Waals surface area contributed by atoms with Gasteiger partial charge in [0.15, 0.2) is 0 Å². The molecule has 0 aliphatic heterocycles. The summed E-state index contributed by atoms with van der Waals surface area (Å²) in [6.07, 6.45) is 1.79. The van der Waals surface area contributed by atoms with Gasteiger partial charge in [0.2, 0.25) is 0 Å². The Morgan fingerprint density at radius 1 is 1.04 bits per heavy atom. The highest BCUT2D eigenvalue weighted by atomic mass is 16.5. The van der Waals surface area contributed by atoms with E-state index in [0.29, 0.717) is 12.4 Å². The van der Waals surface area contributed by atoms with Gasteiger partial charge in [-0.1, -0.05) is 42.5 Å². The van der Waals surface area contributed by atoms with Gasteiger partial charge in [0.05, 0.1) is 12.3 Å². The van der Waals surface area contributed by atoms with E-state index in [-0.39, 0.29) is 12.6 Å². The van der Waals surface area contributed by atoms with Crippen LogP contribution in [-0.4, -0.2) is 14.9 Å². The first-order valence-electron chi connectivity index (χ1n) is 8.14. The molecule has 0 spiro atoms. The van der Waals surface area contributed by atoms with Crippen LogP contribution in [-0.2, 0) is 13.2 Å². The van der Waals surface area contributed by atoms with Gasteiger partial charge in [0.1, 0.15) is 12.4 Å². The quantitative estimate of drug-likeness (QED) is 0.740. The number of aromatic nitrogens is 2. The normalized spacial score (nSPS) is 11.0. The lowest BCUT2D eigenvalue weighted by atomic mass is 10.1. The number of benzene rings is 2. The van der Waals surface area contributed by atoms with E-state index in [2.05, 4.69) is 18.9 Å². The van der Waals surface area contributed by atoms with E-state index < -0.39 is 0 Å². The summed E-state index contributed by atoms with van der Waals surface area (Å²) in [6.45, 7) is 4.59. The van der Waals surface area contributed by atoms with Gasteiger partial charge < -0.3 is 9.84 Å². The van der Waals surface area contributed by atoms with E-state index in [4.69, 9.17) is 4.74 Å². The summed E-state index contributed by atoms with van der Waals surface area (Å²) in [5, 5.41) is 14.1. The summed E-state index contributed by atoms with van der Waals surface area (Å²) >= 11 is 0. The Labute approximate surface area is 142 Å². The molecule has 24 heavy (non-hydrogen) atoms. The molecule has 0 fully saturated rings. The summed E-state index contributed by atoms with van der Waals surface area (Å²) in [5.41, 5.74) is 3.81. The second kappa shape index (κ2) is 7.32. The van der Waals surface area contributed by atoms with Crippen LogP contribution in [0.4, 0.5) is 0 Å². The Bertz CT molecular complexity index is 794. The number of hydrogen-bond acceptors (Lipinski definition) is 3. The second-order valence-electron chi connectivity index (χ2n) is 5.98. The van der Waals surface area contributed by atoms with Gasteiger partial charge in [-0.15, -0.1) is 0 Å². The highest BCUT2D eigenvalue weighted by molar-refractivity contribution is 5.69. The molecule has 0 bridgehead atoms. The van der Waals surface area contributed by atoms with Crippen molar-refractivity contribution in [1.82, 2.24) is 9.78 Å². The summed E-state index contributed by atoms with van der Waals surface area (Å²) in [6, 6.07) is 18.1. The molecule has 0 amide bonds. The minimum Gasteiger partial charge on any atom is -0.488 e. The van der Waals surface area contributed by atoms with E-state index in [0.717, 1.165) is 22.4 Å². The summed E-state index contributed by atoms with van der Waals surface area (Å²) in [4.78, 5) is 0. The van der Waals surface area contributed by atoms with Crippen LogP contribution in [0.25, 0.3) is 11.3 Å². The van der Waals surface area contributed by atoms with Crippen molar-refractivity contribution in [2.45, 2.75) is 33.1 Å². The highest BCUT2D eigenvalue weighted by Gasteiger charge is 2.16. The molecule has 4 heteroatoms. The molecule has 1 heterocycles. The Morgan fingerprint density at radius 2 is 1.83 bits per heavy atom. The maximum Gasteiger partial charge on any atom is 0.134 e. The third kappa shape index (κ3) is 3.34. The second-order valence-corrected chi connectivity index (χ2v) is 5.98. The summed E-state index contributed by atoms with van der Waals surface area (Å²) in [5.74, 6) is 0.714. The molecule has 0 atom stereocenters. The van der Waals surface area contributed by atoms with Crippen LogP contribution in [0, 0.1) is 0 Å². The van der Waals surface area contributed by atoms with E-state index >= 15 is 0 Å². The number of nitrogens with zero attached hydrogens (tertiary/aromatic N) is 2. The van der Waals surface area contributed by atoms with Crippen LogP contribution in [0.5, 0.6) is 5.75 Å². The molecule has 1 N–H and O–H groups in total. The number of aliphatic hydroxyl groups is 1. The Kier molecular flexibility index (Phi) is 4.96. The van der Waals surface area contributed by atoms with E-state index in [9.17, 15) is 5.11 Å². The van der Waals surface area contributed by atoms with Crippen molar-refractivity contribution in [3.05, 3.63) is 71.9 Å². The van der Waals surface area contributed by atoms with E-state index in [1.807, 2.05) is 59.3 Å². The number of hydrogen-bond donors (Lipinski definition) is 1. The lowest BCUT2D eigenvalue weighted by molar-refractivity contribution is 0.259. The average molecular weight is 322 g/mol. The molecule has 3 rings (SSSR count). The van der Waals surface area contributed by atoms with Crippen LogP contribution in [0.15, 0.2) is 60.8 Å². The van der Waals surface area contributed by atoms with Gasteiger partial charge in [-0.05, 0) is 31.5 Å². The topological polar surface area (TPSA) is 47.3 Å². The fourth-order valence-corrected chi connectivity index (χ4v) is 2.75. The highest BCUT2D eigenvalue weighted by Crippen LogP contribution is 2.35. The van der Waals surface area contributed by atoms with Gasteiger partial charge >= 0.3 is 0 Å². The molecule has 0 saturated carbocycles. The molecule has 0 saturated heterocycles. The van der Waals surface area contributed by atoms with Crippen molar-refractivity contribution in [2.24, 2.45) is 0 Å². The summed E-state index contributed by atoms with van der Waals surface area (Å²) in [7, 11) is 0. The van der Waals surface area contributed by atoms with Gasteiger partial charge in [-0.2, -0.15) is 5.10 Å². The molecule has 0 unspecified atom stereocenters. The number of rotatable bonds is 6. The van der Waals surface area contributed by atoms with Crippen molar-refractivity contribution in [1.29, 1.82) is 0 Å². The number of ether oxygens (including phenoxy) is 1. The molecule has 1 aromatic heterocycles. The Balaban J connectivity index is 1.99. The average Bonchev–Trinajstić information content (AvgIpc) is 3.10. The fourth-order valence-electron chi connectivity index (χ4n) is 2.75. The lowest BCUT2D eigenvalue weighted by Gasteiger charge is -2.17. The molecular formula is C20H22N2O2. The van der Waals surface area contributed by atoms with Crippen molar-refractivity contribution < 1.29 is 9.84 Å². The van der Waals surface area contributed by atoms with Gasteiger partial charge in [0, 0.05) is 23.4 Å². The van der Waals surface area contributed by atoms with Crippen LogP contribution < -0.4 is 4.74 Å². The first kappa shape index (κ1) is 16.3. The molecule has 0 aliphatic carbocycles. The zero-order valence-electron chi connectivity index (χ0n) is 14.0. The fraction of sp³-hybridized carbons (Fsp3) is 0.250. The molecule has 0 aliphatic rings. The number of para-hydroxylation sites is 1. The minimum absolute atomic E-state index is 0.0617. The van der Waals surface area contributed by atoms with Crippen LogP contribution >= 0.6 is 0 Å². The van der Waals surface area contributed by atoms with Gasteiger partial charge in [0.25, 0.3) is 0 Å². The number of aliphatic hydroxyl groups excluding tert-OH is 1. The zero-order valence-corrected chi connectivity index (χ0v) is 14.0. The van der Waals surface area contributed by atoms with Crippen molar-refractivity contribution in [3.63, 3.8) is 0 Å². The van der Waals surface area contributed by atoms with Crippen LogP contribution in [0.3, 0.4) is 0 Å². The lowest BCUT2D eigenvalue weighted by Crippen LogP contribution is -2.07. The Hall–Kier alpha value is -2.59. The van der Waals surface area contributed by atoms with E-state index in [1.165, 1.54) is 0 Å². The molecule has 3 aromatic rings. The zero-order chi connectivity index (χ0) is 16.9. The SMILES string of the molecule is CC(C)n1nccc1-c1cccc(CO)c1OCc1ccccc1. The third-order valence-electron chi connectivity index (χ3n) is 3.93. The molecule has 2 aromatic carbocycles. The molecular weight excluding hydrogens is 300 g/mol. The first-order chi connectivity index (χ1) is 11.7. The smallest absolute Gasteiger partial charge is 0.134 e. The van der Waals surface area contributed by atoms with Gasteiger partial charge in [-0.3, -0.25) is 4.68 Å². The molecule has 4 nitrogen and oxygen atoms in total. The molecule has 0 radical (unpaired) electrons. The maximum atomic E-state index is 9.71. The van der Waals surface area contributed by atoms with Crippen LogP contribution in [0.1, 0.15) is 31.0 Å². The van der Waals surface area contributed by atoms with Crippen molar-refractivity contribution in [3.8, 4) is 17.0 Å². The van der Waals surface area contributed by atoms with Crippen LogP contribution in [0.2, 0.25) is 0 Å². The monoisotopic (exact) mass is 322 g/mol.